The molecule has 0 N–H and O–H groups in total. The number of thiazole rings is 1. The van der Waals surface area contributed by atoms with E-state index < -0.39 is 0 Å². The van der Waals surface area contributed by atoms with Crippen LogP contribution in [0.25, 0.3) is 22.0 Å². The highest BCUT2D eigenvalue weighted by Gasteiger charge is 2.21. The van der Waals surface area contributed by atoms with Crippen LogP contribution in [0.3, 0.4) is 0 Å². The molecule has 5 rings (SSSR count). The number of nitrogens with zero attached hydrogens (tertiary/aromatic N) is 4. The van der Waals surface area contributed by atoms with Crippen LogP contribution in [-0.2, 0) is 25.1 Å². The molecular weight excluding hydrogens is 416 g/mol. The lowest BCUT2D eigenvalue weighted by Gasteiger charge is -2.13. The van der Waals surface area contributed by atoms with Crippen LogP contribution in [0.1, 0.15) is 35.9 Å². The molecule has 3 heterocycles. The van der Waals surface area contributed by atoms with Crippen LogP contribution in [0, 0.1) is 0 Å². The summed E-state index contributed by atoms with van der Waals surface area (Å²) in [6.45, 7) is 3.05. The number of fused-ring (bicyclic) bond motifs is 1. The number of hydrogen-bond acceptors (Lipinski definition) is 6. The molecule has 0 radical (unpaired) electrons. The summed E-state index contributed by atoms with van der Waals surface area (Å²) in [7, 11) is 0. The zero-order chi connectivity index (χ0) is 19.6. The van der Waals surface area contributed by atoms with Crippen molar-refractivity contribution in [1.82, 2.24) is 19.7 Å². The Morgan fingerprint density at radius 2 is 1.90 bits per heavy atom. The van der Waals surface area contributed by atoms with Gasteiger partial charge in [0.15, 0.2) is 11.0 Å². The van der Waals surface area contributed by atoms with Crippen LogP contribution >= 0.6 is 34.4 Å². The Morgan fingerprint density at radius 1 is 1.03 bits per heavy atom. The van der Waals surface area contributed by atoms with E-state index in [9.17, 15) is 0 Å². The second kappa shape index (κ2) is 8.42. The molecule has 7 heteroatoms. The number of rotatable bonds is 6. The van der Waals surface area contributed by atoms with Crippen molar-refractivity contribution in [2.45, 2.75) is 50.1 Å². The van der Waals surface area contributed by atoms with Crippen molar-refractivity contribution in [3.05, 3.63) is 57.2 Å². The van der Waals surface area contributed by atoms with E-state index in [-0.39, 0.29) is 0 Å². The smallest absolute Gasteiger partial charge is 0.191 e. The quantitative estimate of drug-likeness (QED) is 0.330. The maximum Gasteiger partial charge on any atom is 0.191 e. The zero-order valence-corrected chi connectivity index (χ0v) is 18.7. The van der Waals surface area contributed by atoms with Crippen molar-refractivity contribution in [3.63, 3.8) is 0 Å². The van der Waals surface area contributed by atoms with Gasteiger partial charge in [-0.05, 0) is 38.2 Å². The minimum Gasteiger partial charge on any atom is -0.302 e. The molecule has 0 saturated carbocycles. The predicted molar refractivity (Wildman–Crippen MR) is 123 cm³/mol. The van der Waals surface area contributed by atoms with Crippen molar-refractivity contribution in [1.29, 1.82) is 0 Å². The van der Waals surface area contributed by atoms with Gasteiger partial charge in [0.25, 0.3) is 0 Å². The largest absolute Gasteiger partial charge is 0.302 e. The Labute approximate surface area is 183 Å². The molecule has 0 amide bonds. The van der Waals surface area contributed by atoms with Crippen LogP contribution < -0.4 is 0 Å². The molecule has 0 spiro atoms. The fourth-order valence-corrected chi connectivity index (χ4v) is 6.74. The zero-order valence-electron chi connectivity index (χ0n) is 16.3. The van der Waals surface area contributed by atoms with Crippen molar-refractivity contribution < 1.29 is 0 Å². The van der Waals surface area contributed by atoms with Gasteiger partial charge in [-0.1, -0.05) is 42.1 Å². The summed E-state index contributed by atoms with van der Waals surface area (Å²) in [5, 5.41) is 15.6. The highest BCUT2D eigenvalue weighted by molar-refractivity contribution is 7.98. The first-order valence-electron chi connectivity index (χ1n) is 9.99. The van der Waals surface area contributed by atoms with Gasteiger partial charge in [-0.2, -0.15) is 0 Å². The standard InChI is InChI=1S/C22H22N4S3/c1-2-26-20(18-14-27-19-11-7-6-10-17(18)19)24-25-22(26)29-13-16-12-28-21(23-16)15-8-4-3-5-9-15/h3-5,8-9,12,14H,2,6-7,10-11,13H2,1H3. The minimum atomic E-state index is 0.809. The first kappa shape index (κ1) is 19.0. The molecule has 29 heavy (non-hydrogen) atoms. The molecule has 0 atom stereocenters. The summed E-state index contributed by atoms with van der Waals surface area (Å²) >= 11 is 5.32. The lowest BCUT2D eigenvalue weighted by molar-refractivity contribution is 0.680. The molecule has 1 aliphatic rings. The van der Waals surface area contributed by atoms with E-state index in [1.54, 1.807) is 28.0 Å². The topological polar surface area (TPSA) is 43.6 Å². The third-order valence-electron chi connectivity index (χ3n) is 5.26. The molecule has 4 aromatic rings. The summed E-state index contributed by atoms with van der Waals surface area (Å²) in [5.74, 6) is 1.83. The molecule has 1 aliphatic carbocycles. The number of thiophene rings is 1. The molecule has 0 bridgehead atoms. The van der Waals surface area contributed by atoms with E-state index in [0.29, 0.717) is 0 Å². The number of aromatic nitrogens is 4. The third-order valence-corrected chi connectivity index (χ3v) is 8.29. The van der Waals surface area contributed by atoms with E-state index in [0.717, 1.165) is 34.0 Å². The first-order chi connectivity index (χ1) is 14.3. The highest BCUT2D eigenvalue weighted by atomic mass is 32.2. The second-order valence-corrected chi connectivity index (χ2v) is 9.87. The molecular formula is C22H22N4S3. The Morgan fingerprint density at radius 3 is 2.76 bits per heavy atom. The van der Waals surface area contributed by atoms with Crippen molar-refractivity contribution >= 4 is 34.4 Å². The summed E-state index contributed by atoms with van der Waals surface area (Å²) < 4.78 is 2.26. The summed E-state index contributed by atoms with van der Waals surface area (Å²) in [6, 6.07) is 10.4. The minimum absolute atomic E-state index is 0.809. The maximum atomic E-state index is 4.81. The normalized spacial score (nSPS) is 13.6. The van der Waals surface area contributed by atoms with Crippen LogP contribution in [-0.4, -0.2) is 19.7 Å². The fourth-order valence-electron chi connectivity index (χ4n) is 3.79. The van der Waals surface area contributed by atoms with Gasteiger partial charge in [-0.3, -0.25) is 0 Å². The molecule has 1 aromatic carbocycles. The van der Waals surface area contributed by atoms with Crippen molar-refractivity contribution in [2.24, 2.45) is 0 Å². The average Bonchev–Trinajstić information content (AvgIpc) is 3.50. The van der Waals surface area contributed by atoms with Crippen molar-refractivity contribution in [2.75, 3.05) is 0 Å². The van der Waals surface area contributed by atoms with Gasteiger partial charge in [0.05, 0.1) is 5.69 Å². The molecule has 0 unspecified atom stereocenters. The van der Waals surface area contributed by atoms with Gasteiger partial charge in [-0.15, -0.1) is 32.9 Å². The van der Waals surface area contributed by atoms with E-state index in [4.69, 9.17) is 4.98 Å². The van der Waals surface area contributed by atoms with Gasteiger partial charge in [0, 0.05) is 39.1 Å². The Balaban J connectivity index is 1.35. The lowest BCUT2D eigenvalue weighted by atomic mass is 9.96. The van der Waals surface area contributed by atoms with Crippen LogP contribution in [0.4, 0.5) is 0 Å². The molecule has 148 valence electrons. The van der Waals surface area contributed by atoms with Gasteiger partial charge in [0.2, 0.25) is 0 Å². The second-order valence-electron chi connectivity index (χ2n) is 7.11. The van der Waals surface area contributed by atoms with E-state index in [1.807, 2.05) is 17.4 Å². The van der Waals surface area contributed by atoms with Gasteiger partial charge >= 0.3 is 0 Å². The maximum absolute atomic E-state index is 4.81. The fraction of sp³-hybridized carbons (Fsp3) is 0.318. The van der Waals surface area contributed by atoms with Crippen LogP contribution in [0.5, 0.6) is 0 Å². The summed E-state index contributed by atoms with van der Waals surface area (Å²) in [6.07, 6.45) is 4.99. The molecule has 0 aliphatic heterocycles. The Kier molecular flexibility index (Phi) is 5.52. The number of benzene rings is 1. The third kappa shape index (κ3) is 3.79. The summed E-state index contributed by atoms with van der Waals surface area (Å²) in [5.41, 5.74) is 5.08. The predicted octanol–water partition coefficient (Wildman–Crippen LogP) is 6.32. The lowest BCUT2D eigenvalue weighted by Crippen LogP contribution is -2.03. The van der Waals surface area contributed by atoms with Gasteiger partial charge in [0.1, 0.15) is 5.01 Å². The number of thioether (sulfide) groups is 1. The molecule has 0 saturated heterocycles. The number of hydrogen-bond donors (Lipinski definition) is 0. The van der Waals surface area contributed by atoms with Gasteiger partial charge in [-0.25, -0.2) is 4.98 Å². The number of aryl methyl sites for hydroxylation is 1. The van der Waals surface area contributed by atoms with Crippen LogP contribution in [0.2, 0.25) is 0 Å². The Bertz CT molecular complexity index is 1110. The first-order valence-corrected chi connectivity index (χ1v) is 12.7. The Hall–Kier alpha value is -1.96. The highest BCUT2D eigenvalue weighted by Crippen LogP contribution is 2.37. The average molecular weight is 439 g/mol. The SMILES string of the molecule is CCn1c(SCc2csc(-c3ccccc3)n2)nnc1-c1csc2c1CCCC2. The van der Waals surface area contributed by atoms with Crippen LogP contribution in [0.15, 0.2) is 46.2 Å². The molecule has 0 fully saturated rings. The van der Waals surface area contributed by atoms with Gasteiger partial charge < -0.3 is 4.57 Å². The molecule has 4 nitrogen and oxygen atoms in total. The monoisotopic (exact) mass is 438 g/mol. The van der Waals surface area contributed by atoms with E-state index in [2.05, 4.69) is 56.7 Å². The molecule has 3 aromatic heterocycles. The van der Waals surface area contributed by atoms with E-state index >= 15 is 0 Å². The van der Waals surface area contributed by atoms with E-state index in [1.165, 1.54) is 42.4 Å². The van der Waals surface area contributed by atoms with Crippen molar-refractivity contribution in [3.8, 4) is 22.0 Å². The summed E-state index contributed by atoms with van der Waals surface area (Å²) in [4.78, 5) is 6.35.